The van der Waals surface area contributed by atoms with E-state index in [2.05, 4.69) is 5.32 Å². The minimum atomic E-state index is -0.987. The van der Waals surface area contributed by atoms with E-state index in [1.165, 1.54) is 0 Å². The fraction of sp³-hybridized carbons (Fsp3) is 0.500. The molecule has 0 aliphatic heterocycles. The average molecular weight is 374 g/mol. The first-order valence-electron chi connectivity index (χ1n) is 8.36. The fourth-order valence-corrected chi connectivity index (χ4v) is 2.45. The molecule has 1 aromatic carbocycles. The number of carbonyl (C=O) groups is 3. The van der Waals surface area contributed by atoms with Gasteiger partial charge >= 0.3 is 5.97 Å². The van der Waals surface area contributed by atoms with E-state index in [4.69, 9.17) is 5.11 Å². The first kappa shape index (κ1) is 23.9. The molecule has 0 spiro atoms. The Bertz CT molecular complexity index is 545. The molecule has 1 atom stereocenters. The van der Waals surface area contributed by atoms with Crippen LogP contribution in [-0.4, -0.2) is 84.7 Å². The van der Waals surface area contributed by atoms with Gasteiger partial charge in [-0.1, -0.05) is 32.0 Å². The molecule has 0 aliphatic rings. The predicted octanol–water partition coefficient (Wildman–Crippen LogP) is 1.92. The average Bonchev–Trinajstić information content (AvgIpc) is 2.58. The molecule has 0 saturated carbocycles. The number of benzene rings is 1. The molecule has 0 saturated heterocycles. The summed E-state index contributed by atoms with van der Waals surface area (Å²) >= 11 is 0. The van der Waals surface area contributed by atoms with Crippen molar-refractivity contribution in [2.24, 2.45) is 0 Å². The van der Waals surface area contributed by atoms with E-state index >= 15 is 0 Å². The summed E-state index contributed by atoms with van der Waals surface area (Å²) in [5.74, 6) is -1.57. The standard InChI is InChI=1S/C18H26N2O4.Ca/c1-3-12-20(13-4-2)18(24)15(10-11-16(21)22)19-17(23)14-8-6-5-7-9-14;/h5-9,15H,3-4,10-13H2,1-2H3,(H,19,23)(H,21,22);. The van der Waals surface area contributed by atoms with Crippen molar-refractivity contribution in [3.8, 4) is 0 Å². The van der Waals surface area contributed by atoms with Gasteiger partial charge in [0.05, 0.1) is 0 Å². The molecular weight excluding hydrogens is 348 g/mol. The molecular formula is C18H26CaN2O4. The number of carbonyl (C=O) groups excluding carboxylic acids is 2. The number of carboxylic acid groups (broad SMARTS) is 1. The maximum Gasteiger partial charge on any atom is 0.303 e. The van der Waals surface area contributed by atoms with Crippen LogP contribution in [0.2, 0.25) is 0 Å². The number of nitrogens with zero attached hydrogens (tertiary/aromatic N) is 1. The Balaban J connectivity index is 0.00000576. The SMILES string of the molecule is CCCN(CCC)C(=O)C(CCC(=O)O)NC(=O)c1ccccc1.[Ca]. The van der Waals surface area contributed by atoms with Crippen LogP contribution in [0, 0.1) is 0 Å². The summed E-state index contributed by atoms with van der Waals surface area (Å²) in [4.78, 5) is 37.6. The molecule has 25 heavy (non-hydrogen) atoms. The third-order valence-electron chi connectivity index (χ3n) is 3.58. The zero-order chi connectivity index (χ0) is 17.9. The van der Waals surface area contributed by atoms with Crippen molar-refractivity contribution >= 4 is 55.5 Å². The van der Waals surface area contributed by atoms with Gasteiger partial charge in [0.2, 0.25) is 5.91 Å². The van der Waals surface area contributed by atoms with Crippen LogP contribution in [-0.2, 0) is 9.59 Å². The maximum atomic E-state index is 12.7. The quantitative estimate of drug-likeness (QED) is 0.613. The smallest absolute Gasteiger partial charge is 0.303 e. The number of hydrogen-bond acceptors (Lipinski definition) is 3. The summed E-state index contributed by atoms with van der Waals surface area (Å²) in [5.41, 5.74) is 0.447. The maximum absolute atomic E-state index is 12.7. The van der Waals surface area contributed by atoms with Crippen LogP contribution in [0.3, 0.4) is 0 Å². The van der Waals surface area contributed by atoms with Gasteiger partial charge in [-0.15, -0.1) is 0 Å². The van der Waals surface area contributed by atoms with Crippen LogP contribution in [0.5, 0.6) is 0 Å². The second kappa shape index (κ2) is 13.1. The van der Waals surface area contributed by atoms with E-state index in [1.54, 1.807) is 35.2 Å². The summed E-state index contributed by atoms with van der Waals surface area (Å²) in [6.45, 7) is 5.14. The Morgan fingerprint density at radius 3 is 2.12 bits per heavy atom. The molecule has 1 aromatic rings. The van der Waals surface area contributed by atoms with Gasteiger partial charge in [0.15, 0.2) is 0 Å². The number of amides is 2. The van der Waals surface area contributed by atoms with Gasteiger partial charge in [-0.05, 0) is 31.4 Å². The van der Waals surface area contributed by atoms with Crippen molar-refractivity contribution in [1.82, 2.24) is 10.2 Å². The summed E-state index contributed by atoms with van der Waals surface area (Å²) in [6, 6.07) is 7.77. The number of carboxylic acids is 1. The summed E-state index contributed by atoms with van der Waals surface area (Å²) in [6.07, 6.45) is 1.53. The largest absolute Gasteiger partial charge is 0.481 e. The van der Waals surface area contributed by atoms with Crippen LogP contribution in [0.15, 0.2) is 30.3 Å². The molecule has 0 aromatic heterocycles. The zero-order valence-electron chi connectivity index (χ0n) is 15.0. The van der Waals surface area contributed by atoms with Crippen molar-refractivity contribution in [3.63, 3.8) is 0 Å². The van der Waals surface area contributed by atoms with Gasteiger partial charge in [-0.3, -0.25) is 14.4 Å². The van der Waals surface area contributed by atoms with Crippen molar-refractivity contribution in [1.29, 1.82) is 0 Å². The fourth-order valence-electron chi connectivity index (χ4n) is 2.45. The molecule has 134 valence electrons. The summed E-state index contributed by atoms with van der Waals surface area (Å²) in [7, 11) is 0. The van der Waals surface area contributed by atoms with Crippen molar-refractivity contribution in [2.45, 2.75) is 45.6 Å². The van der Waals surface area contributed by atoms with E-state index in [9.17, 15) is 14.4 Å². The Morgan fingerprint density at radius 1 is 1.08 bits per heavy atom. The Labute approximate surface area is 179 Å². The van der Waals surface area contributed by atoms with Crippen LogP contribution < -0.4 is 5.32 Å². The minimum Gasteiger partial charge on any atom is -0.481 e. The molecule has 0 bridgehead atoms. The zero-order valence-corrected chi connectivity index (χ0v) is 17.2. The first-order chi connectivity index (χ1) is 11.5. The summed E-state index contributed by atoms with van der Waals surface area (Å²) in [5, 5.41) is 11.6. The molecule has 0 aliphatic carbocycles. The second-order valence-electron chi connectivity index (χ2n) is 5.65. The Morgan fingerprint density at radius 2 is 1.64 bits per heavy atom. The van der Waals surface area contributed by atoms with Gasteiger partial charge in [0.1, 0.15) is 6.04 Å². The van der Waals surface area contributed by atoms with Crippen molar-refractivity contribution in [3.05, 3.63) is 35.9 Å². The predicted molar refractivity (Wildman–Crippen MR) is 97.5 cm³/mol. The number of nitrogens with one attached hydrogen (secondary N) is 1. The van der Waals surface area contributed by atoms with E-state index in [1.807, 2.05) is 13.8 Å². The van der Waals surface area contributed by atoms with Gasteiger partial charge < -0.3 is 15.3 Å². The van der Waals surface area contributed by atoms with Crippen molar-refractivity contribution < 1.29 is 19.5 Å². The van der Waals surface area contributed by atoms with E-state index < -0.39 is 12.0 Å². The molecule has 1 rings (SSSR count). The Hall–Kier alpha value is -1.11. The third-order valence-corrected chi connectivity index (χ3v) is 3.58. The number of hydrogen-bond donors (Lipinski definition) is 2. The van der Waals surface area contributed by atoms with Crippen LogP contribution in [0.4, 0.5) is 0 Å². The van der Waals surface area contributed by atoms with E-state index in [0.717, 1.165) is 12.8 Å². The van der Waals surface area contributed by atoms with Crippen LogP contribution >= 0.6 is 0 Å². The second-order valence-corrected chi connectivity index (χ2v) is 5.65. The molecule has 1 unspecified atom stereocenters. The number of rotatable bonds is 10. The molecule has 7 heteroatoms. The molecule has 2 radical (unpaired) electrons. The van der Waals surface area contributed by atoms with Gasteiger partial charge in [-0.2, -0.15) is 0 Å². The van der Waals surface area contributed by atoms with Crippen LogP contribution in [0.1, 0.15) is 49.9 Å². The van der Waals surface area contributed by atoms with Gasteiger partial charge in [0.25, 0.3) is 5.91 Å². The molecule has 0 fully saturated rings. The number of aliphatic carboxylic acids is 1. The molecule has 6 nitrogen and oxygen atoms in total. The monoisotopic (exact) mass is 374 g/mol. The van der Waals surface area contributed by atoms with Gasteiger partial charge in [-0.25, -0.2) is 0 Å². The molecule has 0 heterocycles. The molecule has 2 amide bonds. The summed E-state index contributed by atoms with van der Waals surface area (Å²) < 4.78 is 0. The van der Waals surface area contributed by atoms with Gasteiger partial charge in [0, 0.05) is 62.8 Å². The normalized spacial score (nSPS) is 11.1. The molecule has 2 N–H and O–H groups in total. The van der Waals surface area contributed by atoms with Crippen LogP contribution in [0.25, 0.3) is 0 Å². The van der Waals surface area contributed by atoms with E-state index in [-0.39, 0.29) is 62.4 Å². The minimum absolute atomic E-state index is 0. The topological polar surface area (TPSA) is 86.7 Å². The Kier molecular flexibility index (Phi) is 12.6. The first-order valence-corrected chi connectivity index (χ1v) is 8.36. The van der Waals surface area contributed by atoms with E-state index in [0.29, 0.717) is 18.7 Å². The third kappa shape index (κ3) is 8.70. The van der Waals surface area contributed by atoms with Crippen molar-refractivity contribution in [2.75, 3.05) is 13.1 Å².